The van der Waals surface area contributed by atoms with Gasteiger partial charge in [-0.25, -0.2) is 0 Å². The topological polar surface area (TPSA) is 52.3 Å². The second-order valence-electron chi connectivity index (χ2n) is 4.81. The van der Waals surface area contributed by atoms with Crippen LogP contribution in [0.1, 0.15) is 31.2 Å². The molecule has 0 amide bonds. The molecule has 0 heterocycles. The number of rotatable bonds is 3. The highest BCUT2D eigenvalue weighted by atomic mass is 35.5. The van der Waals surface area contributed by atoms with E-state index in [1.807, 2.05) is 18.2 Å². The molecular formula is C14H18ClNO2. The molecule has 0 unspecified atom stereocenters. The standard InChI is InChI=1S/C14H18ClNO2/c15-13-4-2-1-3-11(13)9-18-14(17)10-5-7-12(16)8-6-10/h1-4,10,12H,5-9,16H2. The highest BCUT2D eigenvalue weighted by Crippen LogP contribution is 2.25. The summed E-state index contributed by atoms with van der Waals surface area (Å²) in [5, 5.41) is 0.635. The SMILES string of the molecule is NC1CCC(C(=O)OCc2ccccc2Cl)CC1. The van der Waals surface area contributed by atoms with Crippen molar-refractivity contribution in [3.8, 4) is 0 Å². The van der Waals surface area contributed by atoms with Gasteiger partial charge < -0.3 is 10.5 Å². The van der Waals surface area contributed by atoms with Crippen LogP contribution < -0.4 is 5.73 Å². The molecule has 0 spiro atoms. The summed E-state index contributed by atoms with van der Waals surface area (Å²) in [5.74, 6) is -0.117. The molecule has 0 radical (unpaired) electrons. The maximum absolute atomic E-state index is 11.9. The van der Waals surface area contributed by atoms with E-state index in [1.165, 1.54) is 0 Å². The van der Waals surface area contributed by atoms with Crippen LogP contribution in [0.2, 0.25) is 5.02 Å². The maximum Gasteiger partial charge on any atom is 0.309 e. The Morgan fingerprint density at radius 2 is 1.94 bits per heavy atom. The molecule has 2 N–H and O–H groups in total. The van der Waals surface area contributed by atoms with E-state index in [0.29, 0.717) is 5.02 Å². The molecule has 98 valence electrons. The smallest absolute Gasteiger partial charge is 0.309 e. The largest absolute Gasteiger partial charge is 0.461 e. The summed E-state index contributed by atoms with van der Waals surface area (Å²) in [6, 6.07) is 7.65. The third-order valence-electron chi connectivity index (χ3n) is 3.43. The first-order chi connectivity index (χ1) is 8.66. The molecule has 0 bridgehead atoms. The Balaban J connectivity index is 1.83. The van der Waals surface area contributed by atoms with Crippen molar-refractivity contribution in [1.29, 1.82) is 0 Å². The quantitative estimate of drug-likeness (QED) is 0.857. The number of hydrogen-bond donors (Lipinski definition) is 1. The van der Waals surface area contributed by atoms with Gasteiger partial charge in [0.1, 0.15) is 6.61 Å². The van der Waals surface area contributed by atoms with Gasteiger partial charge in [0.15, 0.2) is 0 Å². The van der Waals surface area contributed by atoms with Gasteiger partial charge >= 0.3 is 5.97 Å². The molecule has 0 aliphatic heterocycles. The maximum atomic E-state index is 11.9. The molecular weight excluding hydrogens is 250 g/mol. The Hall–Kier alpha value is -1.06. The van der Waals surface area contributed by atoms with E-state index in [9.17, 15) is 4.79 Å². The van der Waals surface area contributed by atoms with E-state index < -0.39 is 0 Å². The zero-order chi connectivity index (χ0) is 13.0. The van der Waals surface area contributed by atoms with Crippen molar-refractivity contribution in [2.45, 2.75) is 38.3 Å². The summed E-state index contributed by atoms with van der Waals surface area (Å²) in [6.45, 7) is 0.251. The van der Waals surface area contributed by atoms with Crippen molar-refractivity contribution < 1.29 is 9.53 Å². The molecule has 1 saturated carbocycles. The summed E-state index contributed by atoms with van der Waals surface area (Å²) in [5.41, 5.74) is 6.66. The normalized spacial score (nSPS) is 23.7. The van der Waals surface area contributed by atoms with Crippen LogP contribution in [-0.4, -0.2) is 12.0 Å². The first kappa shape index (κ1) is 13.4. The number of hydrogen-bond acceptors (Lipinski definition) is 3. The minimum absolute atomic E-state index is 0.00675. The van der Waals surface area contributed by atoms with Crippen molar-refractivity contribution in [3.63, 3.8) is 0 Å². The highest BCUT2D eigenvalue weighted by molar-refractivity contribution is 6.31. The van der Waals surface area contributed by atoms with Gasteiger partial charge in [0.2, 0.25) is 0 Å². The van der Waals surface area contributed by atoms with Crippen molar-refractivity contribution in [3.05, 3.63) is 34.9 Å². The third-order valence-corrected chi connectivity index (χ3v) is 3.80. The summed E-state index contributed by atoms with van der Waals surface area (Å²) in [7, 11) is 0. The van der Waals surface area contributed by atoms with Crippen molar-refractivity contribution in [1.82, 2.24) is 0 Å². The fourth-order valence-corrected chi connectivity index (χ4v) is 2.43. The van der Waals surface area contributed by atoms with Crippen molar-refractivity contribution in [2.75, 3.05) is 0 Å². The molecule has 3 nitrogen and oxygen atoms in total. The zero-order valence-corrected chi connectivity index (χ0v) is 11.0. The van der Waals surface area contributed by atoms with E-state index in [0.717, 1.165) is 31.2 Å². The summed E-state index contributed by atoms with van der Waals surface area (Å²) < 4.78 is 5.32. The van der Waals surface area contributed by atoms with Gasteiger partial charge in [0.05, 0.1) is 5.92 Å². The first-order valence-electron chi connectivity index (χ1n) is 6.32. The lowest BCUT2D eigenvalue weighted by atomic mass is 9.86. The van der Waals surface area contributed by atoms with Crippen molar-refractivity contribution >= 4 is 17.6 Å². The Morgan fingerprint density at radius 1 is 1.28 bits per heavy atom. The molecule has 1 aliphatic carbocycles. The average molecular weight is 268 g/mol. The Bertz CT molecular complexity index is 414. The van der Waals surface area contributed by atoms with Gasteiger partial charge in [-0.2, -0.15) is 0 Å². The summed E-state index contributed by atoms with van der Waals surface area (Å²) in [6.07, 6.45) is 3.49. The minimum Gasteiger partial charge on any atom is -0.461 e. The molecule has 0 saturated heterocycles. The Kier molecular flexibility index (Phi) is 4.61. The number of carbonyl (C=O) groups is 1. The van der Waals surface area contributed by atoms with E-state index in [1.54, 1.807) is 6.07 Å². The molecule has 1 fully saturated rings. The molecule has 1 aromatic carbocycles. The lowest BCUT2D eigenvalue weighted by Crippen LogP contribution is -2.30. The minimum atomic E-state index is -0.123. The first-order valence-corrected chi connectivity index (χ1v) is 6.70. The van der Waals surface area contributed by atoms with E-state index in [4.69, 9.17) is 22.1 Å². The predicted molar refractivity (Wildman–Crippen MR) is 71.2 cm³/mol. The van der Waals surface area contributed by atoms with Crippen LogP contribution in [0.3, 0.4) is 0 Å². The summed E-state index contributed by atoms with van der Waals surface area (Å²) >= 11 is 6.00. The van der Waals surface area contributed by atoms with Crippen LogP contribution in [0.25, 0.3) is 0 Å². The second-order valence-corrected chi connectivity index (χ2v) is 5.22. The van der Waals surface area contributed by atoms with Gasteiger partial charge in [-0.15, -0.1) is 0 Å². The molecule has 1 aliphatic rings. The average Bonchev–Trinajstić information content (AvgIpc) is 2.38. The second kappa shape index (κ2) is 6.21. The lowest BCUT2D eigenvalue weighted by Gasteiger charge is -2.24. The number of benzene rings is 1. The van der Waals surface area contributed by atoms with Crippen molar-refractivity contribution in [2.24, 2.45) is 11.7 Å². The highest BCUT2D eigenvalue weighted by Gasteiger charge is 2.25. The molecule has 2 rings (SSSR count). The molecule has 0 aromatic heterocycles. The van der Waals surface area contributed by atoms with E-state index >= 15 is 0 Å². The van der Waals surface area contributed by atoms with Crippen LogP contribution in [-0.2, 0) is 16.1 Å². The number of esters is 1. The lowest BCUT2D eigenvalue weighted by molar-refractivity contribution is -0.151. The van der Waals surface area contributed by atoms with Gasteiger partial charge in [0.25, 0.3) is 0 Å². The number of ether oxygens (including phenoxy) is 1. The number of carbonyl (C=O) groups excluding carboxylic acids is 1. The Morgan fingerprint density at radius 3 is 2.61 bits per heavy atom. The van der Waals surface area contributed by atoms with Crippen LogP contribution in [0.5, 0.6) is 0 Å². The van der Waals surface area contributed by atoms with E-state index in [-0.39, 0.29) is 24.5 Å². The zero-order valence-electron chi connectivity index (χ0n) is 10.3. The monoisotopic (exact) mass is 267 g/mol. The fourth-order valence-electron chi connectivity index (χ4n) is 2.24. The van der Waals surface area contributed by atoms with Crippen LogP contribution in [0.15, 0.2) is 24.3 Å². The number of halogens is 1. The predicted octanol–water partition coefficient (Wildman–Crippen LogP) is 2.90. The van der Waals surface area contributed by atoms with E-state index in [2.05, 4.69) is 0 Å². The third kappa shape index (κ3) is 3.47. The molecule has 4 heteroatoms. The summed E-state index contributed by atoms with van der Waals surface area (Å²) in [4.78, 5) is 11.9. The van der Waals surface area contributed by atoms with Gasteiger partial charge in [-0.1, -0.05) is 29.8 Å². The Labute approximate surface area is 112 Å². The van der Waals surface area contributed by atoms with Gasteiger partial charge in [-0.05, 0) is 31.7 Å². The fraction of sp³-hybridized carbons (Fsp3) is 0.500. The molecule has 0 atom stereocenters. The van der Waals surface area contributed by atoms with Gasteiger partial charge in [-0.3, -0.25) is 4.79 Å². The molecule has 18 heavy (non-hydrogen) atoms. The van der Waals surface area contributed by atoms with Gasteiger partial charge in [0, 0.05) is 16.6 Å². The number of nitrogens with two attached hydrogens (primary N) is 1. The van der Waals surface area contributed by atoms with Crippen LogP contribution >= 0.6 is 11.6 Å². The van der Waals surface area contributed by atoms with Crippen LogP contribution in [0, 0.1) is 5.92 Å². The van der Waals surface area contributed by atoms with Crippen LogP contribution in [0.4, 0.5) is 0 Å². The molecule has 1 aromatic rings.